The van der Waals surface area contributed by atoms with Crippen molar-refractivity contribution in [3.05, 3.63) is 58.9 Å². The molecule has 5 heteroatoms. The fraction of sp³-hybridized carbons (Fsp3) is 0.400. The van der Waals surface area contributed by atoms with Crippen molar-refractivity contribution in [3.63, 3.8) is 0 Å². The van der Waals surface area contributed by atoms with Gasteiger partial charge in [0.15, 0.2) is 5.78 Å². The lowest BCUT2D eigenvalue weighted by Gasteiger charge is -2.18. The molecule has 1 saturated heterocycles. The number of Topliss-reactive ketones (excluding diaryl/α,β-unsaturated/α-hetero) is 1. The van der Waals surface area contributed by atoms with E-state index in [9.17, 15) is 14.7 Å². The molecule has 5 nitrogen and oxygen atoms in total. The lowest BCUT2D eigenvalue weighted by molar-refractivity contribution is -0.141. The van der Waals surface area contributed by atoms with Crippen LogP contribution in [0.25, 0.3) is 0 Å². The Morgan fingerprint density at radius 2 is 1.96 bits per heavy atom. The maximum atomic E-state index is 11.8. The summed E-state index contributed by atoms with van der Waals surface area (Å²) >= 11 is 0. The number of benzene rings is 1. The van der Waals surface area contributed by atoms with Crippen molar-refractivity contribution < 1.29 is 14.7 Å². The molecule has 3 rings (SSSR count). The van der Waals surface area contributed by atoms with Gasteiger partial charge < -0.3 is 9.67 Å². The van der Waals surface area contributed by atoms with Gasteiger partial charge in [-0.05, 0) is 31.0 Å². The van der Waals surface area contributed by atoms with Gasteiger partial charge in [0.1, 0.15) is 0 Å². The van der Waals surface area contributed by atoms with Gasteiger partial charge in [0.2, 0.25) is 0 Å². The molecule has 1 aliphatic rings. The van der Waals surface area contributed by atoms with E-state index in [0.29, 0.717) is 25.2 Å². The average Bonchev–Trinajstić information content (AvgIpc) is 3.13. The van der Waals surface area contributed by atoms with E-state index in [4.69, 9.17) is 0 Å². The molecule has 1 fully saturated rings. The number of aryl methyl sites for hydroxylation is 2. The number of nitrogens with zero attached hydrogens (tertiary/aromatic N) is 2. The van der Waals surface area contributed by atoms with Crippen LogP contribution in [0.5, 0.6) is 0 Å². The van der Waals surface area contributed by atoms with Crippen LogP contribution in [0.4, 0.5) is 0 Å². The van der Waals surface area contributed by atoms with Crippen molar-refractivity contribution in [1.82, 2.24) is 9.47 Å². The first kappa shape index (κ1) is 17.4. The van der Waals surface area contributed by atoms with Crippen molar-refractivity contribution in [3.8, 4) is 0 Å². The molecule has 0 aliphatic carbocycles. The van der Waals surface area contributed by atoms with Crippen LogP contribution in [0.1, 0.15) is 40.0 Å². The molecule has 2 heterocycles. The van der Waals surface area contributed by atoms with E-state index in [-0.39, 0.29) is 11.7 Å². The number of hydrogen-bond acceptors (Lipinski definition) is 3. The molecule has 0 bridgehead atoms. The quantitative estimate of drug-likeness (QED) is 0.850. The van der Waals surface area contributed by atoms with E-state index in [2.05, 4.69) is 4.90 Å². The predicted octanol–water partition coefficient (Wildman–Crippen LogP) is 2.84. The molecule has 0 saturated carbocycles. The van der Waals surface area contributed by atoms with Crippen molar-refractivity contribution in [1.29, 1.82) is 0 Å². The third-order valence-electron chi connectivity index (χ3n) is 5.20. The number of aromatic nitrogens is 1. The maximum absolute atomic E-state index is 11.8. The van der Waals surface area contributed by atoms with E-state index in [1.807, 2.05) is 55.1 Å². The van der Waals surface area contributed by atoms with Crippen LogP contribution in [0.3, 0.4) is 0 Å². The smallest absolute Gasteiger partial charge is 0.308 e. The molecular weight excluding hydrogens is 316 g/mol. The molecular formula is C20H24N2O3. The van der Waals surface area contributed by atoms with E-state index in [0.717, 1.165) is 16.8 Å². The van der Waals surface area contributed by atoms with Gasteiger partial charge >= 0.3 is 5.97 Å². The molecule has 0 unspecified atom stereocenters. The number of carbonyl (C=O) groups excluding carboxylic acids is 1. The Labute approximate surface area is 147 Å². The Bertz CT molecular complexity index is 809. The predicted molar refractivity (Wildman–Crippen MR) is 95.7 cm³/mol. The van der Waals surface area contributed by atoms with Gasteiger partial charge in [-0.2, -0.15) is 0 Å². The van der Waals surface area contributed by atoms with Crippen LogP contribution >= 0.6 is 0 Å². The van der Waals surface area contributed by atoms with E-state index >= 15 is 0 Å². The molecule has 0 amide bonds. The topological polar surface area (TPSA) is 62.5 Å². The molecule has 0 radical (unpaired) electrons. The number of hydrogen-bond donors (Lipinski definition) is 1. The fourth-order valence-corrected chi connectivity index (χ4v) is 3.77. The van der Waals surface area contributed by atoms with Gasteiger partial charge in [-0.25, -0.2) is 0 Å². The Morgan fingerprint density at radius 1 is 1.24 bits per heavy atom. The molecule has 1 aromatic carbocycles. The van der Waals surface area contributed by atoms with Gasteiger partial charge in [0.05, 0.1) is 5.92 Å². The van der Waals surface area contributed by atoms with Crippen molar-refractivity contribution in [2.24, 2.45) is 13.0 Å². The van der Waals surface area contributed by atoms with Crippen LogP contribution in [0.15, 0.2) is 36.5 Å². The highest BCUT2D eigenvalue weighted by molar-refractivity contribution is 5.94. The van der Waals surface area contributed by atoms with Crippen LogP contribution in [0, 0.1) is 12.8 Å². The van der Waals surface area contributed by atoms with E-state index in [1.54, 1.807) is 6.92 Å². The third kappa shape index (κ3) is 3.51. The Hall–Kier alpha value is -2.40. The summed E-state index contributed by atoms with van der Waals surface area (Å²) in [4.78, 5) is 25.5. The summed E-state index contributed by atoms with van der Waals surface area (Å²) in [7, 11) is 1.92. The number of carboxylic acids is 1. The Balaban J connectivity index is 1.82. The highest BCUT2D eigenvalue weighted by Gasteiger charge is 2.39. The first-order valence-electron chi connectivity index (χ1n) is 8.53. The minimum atomic E-state index is -0.743. The van der Waals surface area contributed by atoms with E-state index < -0.39 is 11.9 Å². The van der Waals surface area contributed by atoms with Gasteiger partial charge in [0, 0.05) is 50.1 Å². The molecule has 132 valence electrons. The highest BCUT2D eigenvalue weighted by Crippen LogP contribution is 2.35. The summed E-state index contributed by atoms with van der Waals surface area (Å²) in [6, 6.07) is 9.93. The van der Waals surface area contributed by atoms with Gasteiger partial charge in [-0.3, -0.25) is 14.5 Å². The molecule has 2 atom stereocenters. The van der Waals surface area contributed by atoms with Crippen molar-refractivity contribution >= 4 is 11.8 Å². The summed E-state index contributed by atoms with van der Waals surface area (Å²) in [5, 5.41) is 9.67. The maximum Gasteiger partial charge on any atom is 0.308 e. The first-order chi connectivity index (χ1) is 11.9. The lowest BCUT2D eigenvalue weighted by Crippen LogP contribution is -2.24. The second-order valence-electron chi connectivity index (χ2n) is 6.99. The molecule has 2 aromatic rings. The third-order valence-corrected chi connectivity index (χ3v) is 5.20. The normalized spacial score (nSPS) is 20.8. The number of ketones is 1. The van der Waals surface area contributed by atoms with Crippen LogP contribution < -0.4 is 0 Å². The fourth-order valence-electron chi connectivity index (χ4n) is 3.77. The zero-order valence-corrected chi connectivity index (χ0v) is 14.9. The second kappa shape index (κ2) is 6.84. The summed E-state index contributed by atoms with van der Waals surface area (Å²) < 4.78 is 1.95. The number of carbonyl (C=O) groups is 2. The minimum absolute atomic E-state index is 0.00811. The zero-order chi connectivity index (χ0) is 18.1. The Kier molecular flexibility index (Phi) is 4.77. The number of rotatable bonds is 5. The number of carboxylic acid groups (broad SMARTS) is 1. The standard InChI is InChI=1S/C20H24N2O3/c1-13-6-4-5-7-17(13)18-11-22(12-19(18)20(24)25)10-16-8-15(14(2)23)9-21(16)3/h4-9,18-19H,10-12H2,1-3H3,(H,24,25)/t18-,19+/m1/s1. The molecule has 1 aromatic heterocycles. The molecule has 1 aliphatic heterocycles. The summed E-state index contributed by atoms with van der Waals surface area (Å²) in [6.45, 7) is 5.48. The SMILES string of the molecule is CC(=O)c1cc(CN2C[C@H](C(=O)O)[C@@H](c3ccccc3C)C2)n(C)c1. The zero-order valence-electron chi connectivity index (χ0n) is 14.9. The van der Waals surface area contributed by atoms with Gasteiger partial charge in [-0.1, -0.05) is 24.3 Å². The van der Waals surface area contributed by atoms with Gasteiger partial charge in [0.25, 0.3) is 0 Å². The van der Waals surface area contributed by atoms with E-state index in [1.165, 1.54) is 0 Å². The molecule has 0 spiro atoms. The monoisotopic (exact) mass is 340 g/mol. The molecule has 1 N–H and O–H groups in total. The minimum Gasteiger partial charge on any atom is -0.481 e. The number of likely N-dealkylation sites (tertiary alicyclic amines) is 1. The summed E-state index contributed by atoms with van der Waals surface area (Å²) in [5.41, 5.74) is 3.98. The van der Waals surface area contributed by atoms with Crippen molar-refractivity contribution in [2.45, 2.75) is 26.3 Å². The largest absolute Gasteiger partial charge is 0.481 e. The number of aliphatic carboxylic acids is 1. The average molecular weight is 340 g/mol. The Morgan fingerprint density at radius 3 is 2.56 bits per heavy atom. The van der Waals surface area contributed by atoms with Crippen molar-refractivity contribution in [2.75, 3.05) is 13.1 Å². The molecule has 25 heavy (non-hydrogen) atoms. The second-order valence-corrected chi connectivity index (χ2v) is 6.99. The summed E-state index contributed by atoms with van der Waals surface area (Å²) in [5.74, 6) is -1.11. The first-order valence-corrected chi connectivity index (χ1v) is 8.53. The van der Waals surface area contributed by atoms with Gasteiger partial charge in [-0.15, -0.1) is 0 Å². The summed E-state index contributed by atoms with van der Waals surface area (Å²) in [6.07, 6.45) is 1.83. The highest BCUT2D eigenvalue weighted by atomic mass is 16.4. The van der Waals surface area contributed by atoms with Crippen LogP contribution in [-0.2, 0) is 18.4 Å². The lowest BCUT2D eigenvalue weighted by atomic mass is 9.86. The van der Waals surface area contributed by atoms with Crippen LogP contribution in [0.2, 0.25) is 0 Å². The van der Waals surface area contributed by atoms with Crippen LogP contribution in [-0.4, -0.2) is 39.4 Å².